The fraction of sp³-hybridized carbons (Fsp3) is 0.235. The van der Waals surface area contributed by atoms with Crippen molar-refractivity contribution in [1.29, 1.82) is 0 Å². The highest BCUT2D eigenvalue weighted by Gasteiger charge is 2.28. The first-order valence-corrected chi connectivity index (χ1v) is 7.85. The molecule has 1 heterocycles. The molecular formula is C17H17NO2S. The Labute approximate surface area is 128 Å². The van der Waals surface area contributed by atoms with Crippen molar-refractivity contribution in [2.24, 2.45) is 0 Å². The van der Waals surface area contributed by atoms with E-state index in [2.05, 4.69) is 17.4 Å². The first-order valence-electron chi connectivity index (χ1n) is 6.97. The van der Waals surface area contributed by atoms with Gasteiger partial charge in [0.05, 0.1) is 11.4 Å². The molecule has 0 aliphatic carbocycles. The highest BCUT2D eigenvalue weighted by molar-refractivity contribution is 8.01. The van der Waals surface area contributed by atoms with Gasteiger partial charge in [0.1, 0.15) is 0 Å². The fourth-order valence-electron chi connectivity index (χ4n) is 2.52. The van der Waals surface area contributed by atoms with E-state index in [0.29, 0.717) is 5.69 Å². The quantitative estimate of drug-likeness (QED) is 0.913. The van der Waals surface area contributed by atoms with Crippen molar-refractivity contribution in [3.05, 3.63) is 59.7 Å². The summed E-state index contributed by atoms with van der Waals surface area (Å²) in [7, 11) is 0. The van der Waals surface area contributed by atoms with Gasteiger partial charge in [0, 0.05) is 16.1 Å². The Morgan fingerprint density at radius 1 is 1.24 bits per heavy atom. The summed E-state index contributed by atoms with van der Waals surface area (Å²) in [6, 6.07) is 15.5. The molecule has 2 N–H and O–H groups in total. The fourth-order valence-corrected chi connectivity index (χ4v) is 3.71. The zero-order valence-electron chi connectivity index (χ0n) is 11.7. The minimum atomic E-state index is -0.602. The molecule has 3 rings (SSSR count). The molecule has 1 aliphatic heterocycles. The van der Waals surface area contributed by atoms with Gasteiger partial charge in [0.2, 0.25) is 5.91 Å². The number of aliphatic hydroxyl groups excluding tert-OH is 1. The molecule has 0 aromatic heterocycles. The van der Waals surface area contributed by atoms with Crippen LogP contribution in [0.5, 0.6) is 0 Å². The minimum absolute atomic E-state index is 0.00991. The maximum atomic E-state index is 12.4. The summed E-state index contributed by atoms with van der Waals surface area (Å²) < 4.78 is 0. The Morgan fingerprint density at radius 3 is 2.71 bits per heavy atom. The molecule has 0 saturated heterocycles. The number of carbonyl (C=O) groups excluding carboxylic acids is 1. The number of amides is 1. The topological polar surface area (TPSA) is 49.3 Å². The summed E-state index contributed by atoms with van der Waals surface area (Å²) in [6.45, 7) is 1.70. The SMILES string of the molecule is CC(O)c1ccccc1NC(=O)C1Cc2ccccc2S1. The van der Waals surface area contributed by atoms with Gasteiger partial charge in [0.25, 0.3) is 0 Å². The van der Waals surface area contributed by atoms with E-state index >= 15 is 0 Å². The highest BCUT2D eigenvalue weighted by atomic mass is 32.2. The molecular weight excluding hydrogens is 282 g/mol. The summed E-state index contributed by atoms with van der Waals surface area (Å²) in [5.74, 6) is -0.00991. The van der Waals surface area contributed by atoms with Gasteiger partial charge in [-0.1, -0.05) is 36.4 Å². The predicted molar refractivity (Wildman–Crippen MR) is 85.5 cm³/mol. The maximum Gasteiger partial charge on any atom is 0.238 e. The van der Waals surface area contributed by atoms with E-state index in [-0.39, 0.29) is 11.2 Å². The van der Waals surface area contributed by atoms with Gasteiger partial charge in [-0.05, 0) is 31.0 Å². The first-order chi connectivity index (χ1) is 10.1. The van der Waals surface area contributed by atoms with Gasteiger partial charge in [0.15, 0.2) is 0 Å². The third-order valence-electron chi connectivity index (χ3n) is 3.61. The third-order valence-corrected chi connectivity index (χ3v) is 4.93. The van der Waals surface area contributed by atoms with Gasteiger partial charge in [-0.15, -0.1) is 11.8 Å². The second kappa shape index (κ2) is 5.92. The number of nitrogens with one attached hydrogen (secondary N) is 1. The van der Waals surface area contributed by atoms with E-state index in [1.807, 2.05) is 36.4 Å². The zero-order valence-corrected chi connectivity index (χ0v) is 12.6. The lowest BCUT2D eigenvalue weighted by Crippen LogP contribution is -2.25. The molecule has 0 saturated carbocycles. The zero-order chi connectivity index (χ0) is 14.8. The summed E-state index contributed by atoms with van der Waals surface area (Å²) in [5.41, 5.74) is 2.66. The van der Waals surface area contributed by atoms with Crippen molar-refractivity contribution in [3.8, 4) is 0 Å². The van der Waals surface area contributed by atoms with Crippen LogP contribution in [0.4, 0.5) is 5.69 Å². The number of benzene rings is 2. The lowest BCUT2D eigenvalue weighted by atomic mass is 10.1. The van der Waals surface area contributed by atoms with Crippen molar-refractivity contribution in [2.75, 3.05) is 5.32 Å². The van der Waals surface area contributed by atoms with Crippen LogP contribution >= 0.6 is 11.8 Å². The maximum absolute atomic E-state index is 12.4. The Balaban J connectivity index is 1.74. The van der Waals surface area contributed by atoms with Gasteiger partial charge in [-0.3, -0.25) is 4.79 Å². The summed E-state index contributed by atoms with van der Waals surface area (Å²) in [5, 5.41) is 12.6. The molecule has 0 bridgehead atoms. The van der Waals surface area contributed by atoms with Crippen molar-refractivity contribution in [2.45, 2.75) is 29.6 Å². The first kappa shape index (κ1) is 14.2. The monoisotopic (exact) mass is 299 g/mol. The molecule has 2 unspecified atom stereocenters. The molecule has 2 aromatic rings. The molecule has 108 valence electrons. The van der Waals surface area contributed by atoms with E-state index in [1.54, 1.807) is 18.7 Å². The van der Waals surface area contributed by atoms with Gasteiger partial charge in [-0.2, -0.15) is 0 Å². The number of fused-ring (bicyclic) bond motifs is 1. The number of aliphatic hydroxyl groups is 1. The Bertz CT molecular complexity index is 644. The lowest BCUT2D eigenvalue weighted by molar-refractivity contribution is -0.115. The number of carbonyl (C=O) groups is 1. The Kier molecular flexibility index (Phi) is 3.99. The van der Waals surface area contributed by atoms with Gasteiger partial charge >= 0.3 is 0 Å². The van der Waals surface area contributed by atoms with Crippen LogP contribution in [0.25, 0.3) is 0 Å². The van der Waals surface area contributed by atoms with E-state index in [9.17, 15) is 9.90 Å². The van der Waals surface area contributed by atoms with Crippen LogP contribution in [-0.4, -0.2) is 16.3 Å². The molecule has 1 amide bonds. The van der Waals surface area contributed by atoms with Crippen LogP contribution < -0.4 is 5.32 Å². The third kappa shape index (κ3) is 2.96. The summed E-state index contributed by atoms with van der Waals surface area (Å²) in [6.07, 6.45) is 0.152. The van der Waals surface area contributed by atoms with Gasteiger partial charge < -0.3 is 10.4 Å². The van der Waals surface area contributed by atoms with Crippen molar-refractivity contribution in [1.82, 2.24) is 0 Å². The van der Waals surface area contributed by atoms with Crippen molar-refractivity contribution in [3.63, 3.8) is 0 Å². The van der Waals surface area contributed by atoms with Crippen molar-refractivity contribution < 1.29 is 9.90 Å². The molecule has 2 atom stereocenters. The largest absolute Gasteiger partial charge is 0.389 e. The van der Waals surface area contributed by atoms with E-state index < -0.39 is 6.10 Å². The number of hydrogen-bond acceptors (Lipinski definition) is 3. The predicted octanol–water partition coefficient (Wildman–Crippen LogP) is 3.40. The lowest BCUT2D eigenvalue weighted by Gasteiger charge is -2.15. The van der Waals surface area contributed by atoms with Crippen LogP contribution in [0.3, 0.4) is 0 Å². The number of anilines is 1. The number of thioether (sulfide) groups is 1. The second-order valence-corrected chi connectivity index (χ2v) is 6.42. The Hall–Kier alpha value is -1.78. The van der Waals surface area contributed by atoms with Gasteiger partial charge in [-0.25, -0.2) is 0 Å². The summed E-state index contributed by atoms with van der Waals surface area (Å²) in [4.78, 5) is 13.6. The molecule has 0 fully saturated rings. The number of para-hydroxylation sites is 1. The van der Waals surface area contributed by atoms with E-state index in [0.717, 1.165) is 12.0 Å². The minimum Gasteiger partial charge on any atom is -0.389 e. The standard InChI is InChI=1S/C17H17NO2S/c1-11(19)13-7-3-4-8-14(13)18-17(20)16-10-12-6-2-5-9-15(12)21-16/h2-9,11,16,19H,10H2,1H3,(H,18,20). The van der Waals surface area contributed by atoms with E-state index in [1.165, 1.54) is 10.5 Å². The normalized spacial score (nSPS) is 18.1. The molecule has 0 radical (unpaired) electrons. The molecule has 3 nitrogen and oxygen atoms in total. The summed E-state index contributed by atoms with van der Waals surface area (Å²) >= 11 is 1.60. The highest BCUT2D eigenvalue weighted by Crippen LogP contribution is 2.37. The number of rotatable bonds is 3. The molecule has 0 spiro atoms. The van der Waals surface area contributed by atoms with Crippen molar-refractivity contribution >= 4 is 23.4 Å². The Morgan fingerprint density at radius 2 is 1.95 bits per heavy atom. The average molecular weight is 299 g/mol. The average Bonchev–Trinajstić information content (AvgIpc) is 2.91. The van der Waals surface area contributed by atoms with Crippen LogP contribution in [0.1, 0.15) is 24.2 Å². The molecule has 21 heavy (non-hydrogen) atoms. The van der Waals surface area contributed by atoms with Crippen LogP contribution in [0, 0.1) is 0 Å². The number of hydrogen-bond donors (Lipinski definition) is 2. The van der Waals surface area contributed by atoms with Crippen LogP contribution in [0.2, 0.25) is 0 Å². The van der Waals surface area contributed by atoms with Crippen LogP contribution in [0.15, 0.2) is 53.4 Å². The smallest absolute Gasteiger partial charge is 0.238 e. The second-order valence-electron chi connectivity index (χ2n) is 5.17. The molecule has 4 heteroatoms. The van der Waals surface area contributed by atoms with E-state index in [4.69, 9.17) is 0 Å². The molecule has 1 aliphatic rings. The van der Waals surface area contributed by atoms with Crippen LogP contribution in [-0.2, 0) is 11.2 Å². The molecule has 2 aromatic carbocycles.